The predicted octanol–water partition coefficient (Wildman–Crippen LogP) is 4.56. The Hall–Kier alpha value is -5.33. The Morgan fingerprint density at radius 3 is 1.25 bits per heavy atom. The fraction of sp³-hybridized carbons (Fsp3) is 0.462. The molecule has 0 radical (unpaired) electrons. The van der Waals surface area contributed by atoms with Crippen LogP contribution in [0, 0.1) is 23.7 Å². The summed E-state index contributed by atoms with van der Waals surface area (Å²) in [6.45, 7) is 10.8. The van der Waals surface area contributed by atoms with Crippen LogP contribution in [0.2, 0.25) is 0 Å². The van der Waals surface area contributed by atoms with Crippen molar-refractivity contribution in [2.75, 3.05) is 26.2 Å². The Bertz CT molecular complexity index is 1840. The van der Waals surface area contributed by atoms with Gasteiger partial charge in [-0.2, -0.15) is 0 Å². The van der Waals surface area contributed by atoms with Crippen LogP contribution in [0.3, 0.4) is 0 Å². The van der Waals surface area contributed by atoms with E-state index in [2.05, 4.69) is 0 Å². The highest BCUT2D eigenvalue weighted by molar-refractivity contribution is 6.37. The molecule has 0 aromatic heterocycles. The summed E-state index contributed by atoms with van der Waals surface area (Å²) >= 11 is 0. The zero-order chi connectivity index (χ0) is 38.0. The zero-order valence-corrected chi connectivity index (χ0v) is 29.9. The van der Waals surface area contributed by atoms with E-state index in [1.165, 1.54) is 46.2 Å². The summed E-state index contributed by atoms with van der Waals surface area (Å²) in [5.41, 5.74) is -1.57. The van der Waals surface area contributed by atoms with Crippen LogP contribution in [-0.4, -0.2) is 99.9 Å². The van der Waals surface area contributed by atoms with Crippen molar-refractivity contribution < 1.29 is 52.6 Å². The van der Waals surface area contributed by atoms with Crippen LogP contribution in [0.15, 0.2) is 36.4 Å². The van der Waals surface area contributed by atoms with Gasteiger partial charge in [0.2, 0.25) is 0 Å². The number of carbonyl (C=O) groups is 9. The molecule has 272 valence electrons. The predicted molar refractivity (Wildman–Crippen MR) is 182 cm³/mol. The normalized spacial score (nSPS) is 22.8. The number of rotatable bonds is 6. The Morgan fingerprint density at radius 2 is 0.904 bits per heavy atom. The Labute approximate surface area is 300 Å². The van der Waals surface area contributed by atoms with Crippen molar-refractivity contribution in [3.8, 4) is 0 Å². The summed E-state index contributed by atoms with van der Waals surface area (Å²) in [6, 6.07) is 7.82. The van der Waals surface area contributed by atoms with E-state index in [4.69, 9.17) is 9.47 Å². The van der Waals surface area contributed by atoms with Crippen LogP contribution in [0.5, 0.6) is 0 Å². The Morgan fingerprint density at radius 1 is 0.558 bits per heavy atom. The smallest absolute Gasteiger partial charge is 0.410 e. The van der Waals surface area contributed by atoms with E-state index in [0.29, 0.717) is 0 Å². The molecule has 13 nitrogen and oxygen atoms in total. The van der Waals surface area contributed by atoms with Gasteiger partial charge >= 0.3 is 12.2 Å². The lowest BCUT2D eigenvalue weighted by Gasteiger charge is -2.24. The van der Waals surface area contributed by atoms with Crippen LogP contribution < -0.4 is 0 Å². The molecule has 2 aromatic carbocycles. The number of benzene rings is 2. The number of ether oxygens (including phenoxy) is 2. The highest BCUT2D eigenvalue weighted by Crippen LogP contribution is 2.35. The van der Waals surface area contributed by atoms with Gasteiger partial charge in [0.15, 0.2) is 40.5 Å². The minimum absolute atomic E-state index is 0.00937. The maximum Gasteiger partial charge on any atom is 0.410 e. The van der Waals surface area contributed by atoms with Crippen LogP contribution in [0.4, 0.5) is 9.59 Å². The number of nitrogens with zero attached hydrogens (tertiary/aromatic N) is 2. The fourth-order valence-corrected chi connectivity index (χ4v) is 7.19. The van der Waals surface area contributed by atoms with Crippen molar-refractivity contribution in [2.45, 2.75) is 65.6 Å². The lowest BCUT2D eigenvalue weighted by molar-refractivity contribution is -0.124. The second-order valence-electron chi connectivity index (χ2n) is 15.8. The van der Waals surface area contributed by atoms with Crippen molar-refractivity contribution in [1.82, 2.24) is 9.80 Å². The van der Waals surface area contributed by atoms with E-state index in [9.17, 15) is 43.2 Å². The molecule has 2 aliphatic heterocycles. The van der Waals surface area contributed by atoms with Gasteiger partial charge in [-0.1, -0.05) is 12.1 Å². The summed E-state index contributed by atoms with van der Waals surface area (Å²) < 4.78 is 10.8. The Balaban J connectivity index is 1.14. The first-order chi connectivity index (χ1) is 24.3. The molecule has 13 heteroatoms. The summed E-state index contributed by atoms with van der Waals surface area (Å²) in [4.78, 5) is 122. The van der Waals surface area contributed by atoms with Gasteiger partial charge < -0.3 is 19.3 Å². The van der Waals surface area contributed by atoms with Crippen molar-refractivity contribution in [2.24, 2.45) is 23.7 Å². The quantitative estimate of drug-likeness (QED) is 0.303. The van der Waals surface area contributed by atoms with Gasteiger partial charge in [-0.3, -0.25) is 33.6 Å². The number of hydrogen-bond acceptors (Lipinski definition) is 11. The van der Waals surface area contributed by atoms with Gasteiger partial charge in [0.25, 0.3) is 0 Å². The maximum atomic E-state index is 13.6. The minimum atomic E-state index is -1.59. The van der Waals surface area contributed by atoms with Gasteiger partial charge in [0, 0.05) is 71.4 Å². The van der Waals surface area contributed by atoms with Crippen LogP contribution in [-0.2, 0) is 19.1 Å². The molecule has 52 heavy (non-hydrogen) atoms. The summed E-state index contributed by atoms with van der Waals surface area (Å²) in [7, 11) is 0. The van der Waals surface area contributed by atoms with Crippen molar-refractivity contribution in [3.63, 3.8) is 0 Å². The second-order valence-corrected chi connectivity index (χ2v) is 15.8. The van der Waals surface area contributed by atoms with Gasteiger partial charge in [0.05, 0.1) is 0 Å². The molecule has 2 amide bonds. The van der Waals surface area contributed by atoms with Crippen LogP contribution >= 0.6 is 0 Å². The van der Waals surface area contributed by atoms with Crippen molar-refractivity contribution in [3.05, 3.63) is 69.8 Å². The highest BCUT2D eigenvalue weighted by atomic mass is 16.6. The first-order valence-electron chi connectivity index (χ1n) is 17.3. The number of carbonyl (C=O) groups excluding carboxylic acids is 9. The van der Waals surface area contributed by atoms with E-state index in [1.54, 1.807) is 41.5 Å². The van der Waals surface area contributed by atoms with E-state index in [-0.39, 0.29) is 72.4 Å². The van der Waals surface area contributed by atoms with E-state index in [1.807, 2.05) is 0 Å². The molecule has 0 saturated carbocycles. The molecule has 4 atom stereocenters. The lowest BCUT2D eigenvalue weighted by Crippen LogP contribution is -2.37. The average Bonchev–Trinajstić information content (AvgIpc) is 3.85. The third-order valence-electron chi connectivity index (χ3n) is 9.73. The molecular weight excluding hydrogens is 672 g/mol. The topological polar surface area (TPSA) is 179 Å². The Kier molecular flexibility index (Phi) is 9.13. The third kappa shape index (κ3) is 6.71. The summed E-state index contributed by atoms with van der Waals surface area (Å²) in [5.74, 6) is -9.24. The first-order valence-corrected chi connectivity index (χ1v) is 17.3. The third-order valence-corrected chi connectivity index (χ3v) is 9.73. The molecule has 0 N–H and O–H groups in total. The lowest BCUT2D eigenvalue weighted by atomic mass is 9.88. The molecular formula is C39H40N2O11. The van der Waals surface area contributed by atoms with Gasteiger partial charge in [-0.05, 0) is 78.6 Å². The van der Waals surface area contributed by atoms with Crippen molar-refractivity contribution >= 4 is 52.7 Å². The number of fused-ring (bicyclic) bond motifs is 2. The highest BCUT2D eigenvalue weighted by Gasteiger charge is 2.49. The molecule has 2 aromatic rings. The SMILES string of the molecule is CC(C)(C)OC(=O)N1CC[C@H](C(=O)C2C(=O)c3ccc(C(=O)c4ccc5c(c4)C(=O)C(C(=O)[C@H]4CCN(C(=O)OC(C)(C)C)C4)C5=O)cc3C2=O)C1. The largest absolute Gasteiger partial charge is 0.444 e. The number of ketones is 7. The molecule has 4 aliphatic rings. The standard InChI is InChI=1S/C39H40N2O11/c1-38(2,3)51-36(49)40-13-11-21(17-40)30(43)27-32(45)23-9-7-19(15-25(23)34(27)47)29(42)20-8-10-24-26(16-20)35(48)28(33(24)46)31(44)22-12-14-41(18-22)37(50)52-39(4,5)6/h7-10,15-16,21-22,27-28H,11-14,17-18H2,1-6H3/t21-,22-,27?,28?/m0/s1. The first kappa shape index (κ1) is 36.5. The molecule has 2 fully saturated rings. The summed E-state index contributed by atoms with van der Waals surface area (Å²) in [6.07, 6.45) is -0.629. The summed E-state index contributed by atoms with van der Waals surface area (Å²) in [5, 5.41) is 0. The molecule has 2 saturated heterocycles. The van der Waals surface area contributed by atoms with Gasteiger partial charge in [-0.15, -0.1) is 0 Å². The fourth-order valence-electron chi connectivity index (χ4n) is 7.19. The van der Waals surface area contributed by atoms with Gasteiger partial charge in [-0.25, -0.2) is 9.59 Å². The second kappa shape index (κ2) is 13.0. The molecule has 2 unspecified atom stereocenters. The van der Waals surface area contributed by atoms with E-state index in [0.717, 1.165) is 0 Å². The number of likely N-dealkylation sites (tertiary alicyclic amines) is 2. The molecule has 6 rings (SSSR count). The maximum absolute atomic E-state index is 13.6. The van der Waals surface area contributed by atoms with Crippen LogP contribution in [0.25, 0.3) is 0 Å². The van der Waals surface area contributed by atoms with Crippen molar-refractivity contribution in [1.29, 1.82) is 0 Å². The molecule has 0 bridgehead atoms. The average molecular weight is 713 g/mol. The van der Waals surface area contributed by atoms with Crippen LogP contribution in [0.1, 0.15) is 112 Å². The van der Waals surface area contributed by atoms with E-state index >= 15 is 0 Å². The number of amides is 2. The monoisotopic (exact) mass is 712 g/mol. The zero-order valence-electron chi connectivity index (χ0n) is 29.9. The molecule has 2 heterocycles. The molecule has 0 spiro atoms. The van der Waals surface area contributed by atoms with Gasteiger partial charge in [0.1, 0.15) is 23.0 Å². The molecule has 2 aliphatic carbocycles. The number of Topliss-reactive ketones (excluding diaryl/α,β-unsaturated/α-hetero) is 6. The van der Waals surface area contributed by atoms with E-state index < -0.39 is 87.5 Å². The number of hydrogen-bond donors (Lipinski definition) is 0. The minimum Gasteiger partial charge on any atom is -0.444 e.